The zero-order valence-corrected chi connectivity index (χ0v) is 18.2. The number of oxazole rings is 1. The molecule has 0 atom stereocenters. The Morgan fingerprint density at radius 2 is 1.70 bits per heavy atom. The third kappa shape index (κ3) is 6.09. The highest BCUT2D eigenvalue weighted by Gasteiger charge is 2.06. The first-order valence-corrected chi connectivity index (χ1v) is 8.66. The molecule has 3 aromatic rings. The van der Waals surface area contributed by atoms with Crippen LogP contribution < -0.4 is 11.1 Å². The lowest BCUT2D eigenvalue weighted by molar-refractivity contribution is 0.572. The molecule has 3 rings (SSSR count). The molecule has 0 bridgehead atoms. The van der Waals surface area contributed by atoms with Crippen LogP contribution in [0.15, 0.2) is 58.1 Å². The van der Waals surface area contributed by atoms with Gasteiger partial charge >= 0.3 is 0 Å². The Kier molecular flexibility index (Phi) is 7.41. The van der Waals surface area contributed by atoms with E-state index in [4.69, 9.17) is 10.2 Å². The van der Waals surface area contributed by atoms with Crippen molar-refractivity contribution in [3.63, 3.8) is 0 Å². The molecule has 0 aliphatic carbocycles. The van der Waals surface area contributed by atoms with Crippen molar-refractivity contribution < 1.29 is 4.42 Å². The van der Waals surface area contributed by atoms with Crippen LogP contribution >= 0.6 is 24.0 Å². The summed E-state index contributed by atoms with van der Waals surface area (Å²) in [7, 11) is 0. The maximum atomic E-state index is 5.98. The second kappa shape index (κ2) is 9.55. The zero-order chi connectivity index (χ0) is 18.5. The molecule has 2 aromatic carbocycles. The number of hydrogen-bond donors (Lipinski definition) is 2. The number of nitrogens with zero attached hydrogens (tertiary/aromatic N) is 2. The average molecular weight is 476 g/mol. The van der Waals surface area contributed by atoms with Gasteiger partial charge in [-0.15, -0.1) is 24.0 Å². The van der Waals surface area contributed by atoms with Gasteiger partial charge in [0.05, 0.1) is 5.69 Å². The molecule has 0 saturated carbocycles. The Labute approximate surface area is 177 Å². The zero-order valence-electron chi connectivity index (χ0n) is 15.8. The summed E-state index contributed by atoms with van der Waals surface area (Å²) in [5.74, 6) is 1.03. The molecule has 0 aliphatic heterocycles. The van der Waals surface area contributed by atoms with Gasteiger partial charge in [0.25, 0.3) is 0 Å². The highest BCUT2D eigenvalue weighted by molar-refractivity contribution is 14.0. The summed E-state index contributed by atoms with van der Waals surface area (Å²) in [5, 5.41) is 3.13. The second-order valence-electron chi connectivity index (χ2n) is 6.53. The molecule has 6 heteroatoms. The first-order chi connectivity index (χ1) is 12.5. The van der Waals surface area contributed by atoms with E-state index in [9.17, 15) is 0 Å². The summed E-state index contributed by atoms with van der Waals surface area (Å²) < 4.78 is 5.56. The molecule has 0 amide bonds. The minimum atomic E-state index is 0. The first-order valence-electron chi connectivity index (χ1n) is 8.66. The molecule has 0 radical (unpaired) electrons. The van der Waals surface area contributed by atoms with E-state index in [1.54, 1.807) is 6.26 Å². The lowest BCUT2D eigenvalue weighted by Gasteiger charge is -2.07. The third-order valence-corrected chi connectivity index (χ3v) is 3.99. The average Bonchev–Trinajstić information content (AvgIpc) is 3.03. The van der Waals surface area contributed by atoms with Gasteiger partial charge in [0.2, 0.25) is 5.89 Å². The molecule has 0 saturated heterocycles. The third-order valence-electron chi connectivity index (χ3n) is 3.99. The van der Waals surface area contributed by atoms with Crippen LogP contribution in [0.5, 0.6) is 0 Å². The van der Waals surface area contributed by atoms with Crippen molar-refractivity contribution in [1.82, 2.24) is 4.98 Å². The molecule has 27 heavy (non-hydrogen) atoms. The predicted molar refractivity (Wildman–Crippen MR) is 122 cm³/mol. The highest BCUT2D eigenvalue weighted by atomic mass is 127. The number of aryl methyl sites for hydroxylation is 3. The molecule has 5 nitrogen and oxygen atoms in total. The number of guanidine groups is 1. The van der Waals surface area contributed by atoms with Crippen molar-refractivity contribution in [2.24, 2.45) is 10.7 Å². The van der Waals surface area contributed by atoms with Gasteiger partial charge in [-0.3, -0.25) is 4.99 Å². The normalized spacial score (nSPS) is 11.1. The molecule has 1 heterocycles. The largest absolute Gasteiger partial charge is 0.444 e. The number of anilines is 1. The molecular weight excluding hydrogens is 451 g/mol. The summed E-state index contributed by atoms with van der Waals surface area (Å²) in [5.41, 5.74) is 12.3. The number of rotatable bonds is 5. The van der Waals surface area contributed by atoms with Crippen LogP contribution in [-0.2, 0) is 6.42 Å². The Morgan fingerprint density at radius 1 is 1.04 bits per heavy atom. The molecule has 3 N–H and O–H groups in total. The quantitative estimate of drug-likeness (QED) is 0.314. The Bertz CT molecular complexity index is 896. The number of nitrogens with one attached hydrogen (secondary N) is 1. The van der Waals surface area contributed by atoms with Gasteiger partial charge < -0.3 is 15.5 Å². The Morgan fingerprint density at radius 3 is 2.37 bits per heavy atom. The maximum absolute atomic E-state index is 5.98. The fourth-order valence-electron chi connectivity index (χ4n) is 2.78. The number of aliphatic imine (C=N–C) groups is 1. The molecule has 0 spiro atoms. The van der Waals surface area contributed by atoms with Crippen LogP contribution in [-0.4, -0.2) is 17.5 Å². The van der Waals surface area contributed by atoms with E-state index in [0.29, 0.717) is 24.8 Å². The maximum Gasteiger partial charge on any atom is 0.226 e. The van der Waals surface area contributed by atoms with Crippen molar-refractivity contribution in [2.45, 2.75) is 27.2 Å². The van der Waals surface area contributed by atoms with Gasteiger partial charge in [-0.05, 0) is 56.2 Å². The standard InChI is InChI=1S/C21H24N4O.HI/c1-14-4-6-17(7-5-14)20-24-18(13-26-20)8-9-23-21(22)25-19-11-15(2)10-16(3)12-19;/h4-7,10-13H,8-9H2,1-3H3,(H3,22,23,25);1H. The molecule has 0 fully saturated rings. The van der Waals surface area contributed by atoms with Gasteiger partial charge in [-0.2, -0.15) is 0 Å². The van der Waals surface area contributed by atoms with Crippen molar-refractivity contribution >= 4 is 35.6 Å². The topological polar surface area (TPSA) is 76.4 Å². The van der Waals surface area contributed by atoms with Gasteiger partial charge in [-0.25, -0.2) is 4.98 Å². The number of aromatic nitrogens is 1. The van der Waals surface area contributed by atoms with Crippen molar-refractivity contribution in [2.75, 3.05) is 11.9 Å². The number of hydrogen-bond acceptors (Lipinski definition) is 3. The monoisotopic (exact) mass is 476 g/mol. The van der Waals surface area contributed by atoms with Gasteiger partial charge in [0, 0.05) is 24.2 Å². The van der Waals surface area contributed by atoms with Crippen molar-refractivity contribution in [1.29, 1.82) is 0 Å². The summed E-state index contributed by atoms with van der Waals surface area (Å²) in [6.45, 7) is 6.71. The SMILES string of the molecule is Cc1ccc(-c2nc(CCN=C(N)Nc3cc(C)cc(C)c3)co2)cc1.I. The highest BCUT2D eigenvalue weighted by Crippen LogP contribution is 2.19. The first kappa shape index (κ1) is 21.0. The van der Waals surface area contributed by atoms with Crippen LogP contribution in [0.1, 0.15) is 22.4 Å². The summed E-state index contributed by atoms with van der Waals surface area (Å²) in [4.78, 5) is 8.89. The molecule has 142 valence electrons. The lowest BCUT2D eigenvalue weighted by Crippen LogP contribution is -2.23. The molecule has 1 aromatic heterocycles. The summed E-state index contributed by atoms with van der Waals surface area (Å²) >= 11 is 0. The molecule has 0 aliphatic rings. The van der Waals surface area contributed by atoms with Gasteiger partial charge in [0.1, 0.15) is 6.26 Å². The second-order valence-corrected chi connectivity index (χ2v) is 6.53. The van der Waals surface area contributed by atoms with Crippen LogP contribution in [0, 0.1) is 20.8 Å². The Hall–Kier alpha value is -2.35. The number of halogens is 1. The molecular formula is C21H25IN4O. The van der Waals surface area contributed by atoms with E-state index < -0.39 is 0 Å². The van der Waals surface area contributed by atoms with Crippen LogP contribution in [0.4, 0.5) is 5.69 Å². The van der Waals surface area contributed by atoms with E-state index in [2.05, 4.69) is 42.1 Å². The van der Waals surface area contributed by atoms with Crippen molar-refractivity contribution in [3.05, 3.63) is 71.1 Å². The van der Waals surface area contributed by atoms with E-state index in [-0.39, 0.29) is 24.0 Å². The van der Waals surface area contributed by atoms with E-state index in [1.165, 1.54) is 16.7 Å². The Balaban J connectivity index is 0.00000261. The van der Waals surface area contributed by atoms with Gasteiger partial charge in [0.15, 0.2) is 5.96 Å². The summed E-state index contributed by atoms with van der Waals surface area (Å²) in [6.07, 6.45) is 2.35. The van der Waals surface area contributed by atoms with Crippen LogP contribution in [0.3, 0.4) is 0 Å². The van der Waals surface area contributed by atoms with Crippen LogP contribution in [0.2, 0.25) is 0 Å². The number of benzene rings is 2. The lowest BCUT2D eigenvalue weighted by atomic mass is 10.1. The van der Waals surface area contributed by atoms with Crippen LogP contribution in [0.25, 0.3) is 11.5 Å². The minimum Gasteiger partial charge on any atom is -0.444 e. The fraction of sp³-hybridized carbons (Fsp3) is 0.238. The minimum absolute atomic E-state index is 0. The van der Waals surface area contributed by atoms with Crippen molar-refractivity contribution in [3.8, 4) is 11.5 Å². The van der Waals surface area contributed by atoms with E-state index >= 15 is 0 Å². The van der Waals surface area contributed by atoms with E-state index in [1.807, 2.05) is 36.4 Å². The predicted octanol–water partition coefficient (Wildman–Crippen LogP) is 4.85. The smallest absolute Gasteiger partial charge is 0.226 e. The van der Waals surface area contributed by atoms with Gasteiger partial charge in [-0.1, -0.05) is 23.8 Å². The summed E-state index contributed by atoms with van der Waals surface area (Å²) in [6, 6.07) is 14.3. The molecule has 0 unspecified atom stereocenters. The number of nitrogens with two attached hydrogens (primary N) is 1. The van der Waals surface area contributed by atoms with E-state index in [0.717, 1.165) is 16.9 Å². The fourth-order valence-corrected chi connectivity index (χ4v) is 2.78.